The first kappa shape index (κ1) is 13.3. The molecule has 1 amide bonds. The first-order chi connectivity index (χ1) is 9.63. The van der Waals surface area contributed by atoms with Crippen molar-refractivity contribution in [2.24, 2.45) is 0 Å². The number of morpholine rings is 1. The number of amides is 1. The summed E-state index contributed by atoms with van der Waals surface area (Å²) >= 11 is 1.50. The number of hydrogen-bond acceptors (Lipinski definition) is 4. The zero-order valence-corrected chi connectivity index (χ0v) is 12.4. The smallest absolute Gasteiger partial charge is 0.264 e. The van der Waals surface area contributed by atoms with Crippen LogP contribution in [0.5, 0.6) is 0 Å². The number of rotatable bonds is 2. The summed E-state index contributed by atoms with van der Waals surface area (Å²) < 4.78 is 5.71. The molecule has 6 heteroatoms. The van der Waals surface area contributed by atoms with Crippen LogP contribution in [0.15, 0.2) is 17.6 Å². The monoisotopic (exact) mass is 291 g/mol. The molecule has 20 heavy (non-hydrogen) atoms. The van der Waals surface area contributed by atoms with E-state index >= 15 is 0 Å². The van der Waals surface area contributed by atoms with Gasteiger partial charge in [-0.15, -0.1) is 11.3 Å². The number of carbonyl (C=O) groups excluding carboxylic acids is 1. The maximum Gasteiger partial charge on any atom is 0.264 e. The van der Waals surface area contributed by atoms with Gasteiger partial charge in [-0.25, -0.2) is 4.98 Å². The van der Waals surface area contributed by atoms with Gasteiger partial charge in [-0.3, -0.25) is 4.79 Å². The van der Waals surface area contributed by atoms with E-state index in [4.69, 9.17) is 4.74 Å². The molecule has 1 aliphatic heterocycles. The Hall–Kier alpha value is -1.66. The number of hydrogen-bond donors (Lipinski definition) is 1. The highest BCUT2D eigenvalue weighted by Gasteiger charge is 2.28. The van der Waals surface area contributed by atoms with Crippen LogP contribution < -0.4 is 0 Å². The van der Waals surface area contributed by atoms with Gasteiger partial charge in [-0.2, -0.15) is 0 Å². The van der Waals surface area contributed by atoms with E-state index in [0.717, 1.165) is 22.0 Å². The zero-order valence-electron chi connectivity index (χ0n) is 11.5. The van der Waals surface area contributed by atoms with Crippen molar-refractivity contribution in [3.05, 3.63) is 39.6 Å². The number of ether oxygens (including phenoxy) is 1. The van der Waals surface area contributed by atoms with Gasteiger partial charge in [0.25, 0.3) is 5.91 Å². The first-order valence-electron chi connectivity index (χ1n) is 6.61. The van der Waals surface area contributed by atoms with Crippen molar-refractivity contribution < 1.29 is 9.53 Å². The molecule has 0 radical (unpaired) electrons. The molecule has 0 saturated carbocycles. The third-order valence-electron chi connectivity index (χ3n) is 3.32. The molecule has 5 nitrogen and oxygen atoms in total. The summed E-state index contributed by atoms with van der Waals surface area (Å²) in [5.41, 5.74) is 2.13. The quantitative estimate of drug-likeness (QED) is 0.923. The molecule has 1 N–H and O–H groups in total. The van der Waals surface area contributed by atoms with Gasteiger partial charge in [-0.05, 0) is 30.9 Å². The fourth-order valence-electron chi connectivity index (χ4n) is 2.29. The summed E-state index contributed by atoms with van der Waals surface area (Å²) in [6, 6.07) is 1.94. The lowest BCUT2D eigenvalue weighted by Gasteiger charge is -2.31. The lowest BCUT2D eigenvalue weighted by Crippen LogP contribution is -2.42. The lowest BCUT2D eigenvalue weighted by atomic mass is 10.2. The minimum atomic E-state index is -0.164. The molecule has 0 spiro atoms. The molecule has 0 aliphatic carbocycles. The molecule has 2 aromatic heterocycles. The standard InChI is InChI=1S/C14H17N3O2S/c1-9-5-12(20-8-9)14(18)17-3-4-19-11(7-17)13-15-6-10(2)16-13/h5-6,8,11H,3-4,7H2,1-2H3,(H,15,16)/t11-/m1/s1. The van der Waals surface area contributed by atoms with Gasteiger partial charge in [0.15, 0.2) is 0 Å². The second-order valence-corrected chi connectivity index (χ2v) is 5.96. The predicted molar refractivity (Wildman–Crippen MR) is 77.0 cm³/mol. The molecule has 2 aromatic rings. The summed E-state index contributed by atoms with van der Waals surface area (Å²) in [7, 11) is 0. The number of aromatic amines is 1. The van der Waals surface area contributed by atoms with Gasteiger partial charge < -0.3 is 14.6 Å². The number of aryl methyl sites for hydroxylation is 2. The molecule has 1 fully saturated rings. The maximum atomic E-state index is 12.4. The molecule has 0 unspecified atom stereocenters. The molecular weight excluding hydrogens is 274 g/mol. The van der Waals surface area contributed by atoms with Gasteiger partial charge >= 0.3 is 0 Å². The molecule has 106 valence electrons. The van der Waals surface area contributed by atoms with E-state index in [0.29, 0.717) is 19.7 Å². The Morgan fingerprint density at radius 3 is 3.05 bits per heavy atom. The summed E-state index contributed by atoms with van der Waals surface area (Å²) in [4.78, 5) is 22.6. The van der Waals surface area contributed by atoms with E-state index in [2.05, 4.69) is 9.97 Å². The fourth-order valence-corrected chi connectivity index (χ4v) is 3.16. The summed E-state index contributed by atoms with van der Waals surface area (Å²) in [6.45, 7) is 5.67. The van der Waals surface area contributed by atoms with Gasteiger partial charge in [0, 0.05) is 18.4 Å². The van der Waals surface area contributed by atoms with Crippen molar-refractivity contribution in [3.63, 3.8) is 0 Å². The van der Waals surface area contributed by atoms with Crippen LogP contribution in [-0.4, -0.2) is 40.5 Å². The van der Waals surface area contributed by atoms with Crippen molar-refractivity contribution in [2.45, 2.75) is 20.0 Å². The molecule has 3 heterocycles. The van der Waals surface area contributed by atoms with Crippen LogP contribution in [-0.2, 0) is 4.74 Å². The summed E-state index contributed by atoms with van der Waals surface area (Å²) in [5, 5.41) is 2.00. The number of thiophene rings is 1. The third kappa shape index (κ3) is 2.62. The van der Waals surface area contributed by atoms with Gasteiger partial charge in [-0.1, -0.05) is 0 Å². The molecule has 1 saturated heterocycles. The van der Waals surface area contributed by atoms with Crippen molar-refractivity contribution in [1.82, 2.24) is 14.9 Å². The number of H-pyrrole nitrogens is 1. The Morgan fingerprint density at radius 2 is 2.40 bits per heavy atom. The Balaban J connectivity index is 1.73. The molecule has 0 bridgehead atoms. The SMILES string of the molecule is Cc1csc(C(=O)N2CCO[C@@H](c3ncc(C)[nH]3)C2)c1. The first-order valence-corrected chi connectivity index (χ1v) is 7.49. The third-order valence-corrected chi connectivity index (χ3v) is 4.36. The van der Waals surface area contributed by atoms with Gasteiger partial charge in [0.05, 0.1) is 18.0 Å². The van der Waals surface area contributed by atoms with Crippen molar-refractivity contribution in [2.75, 3.05) is 19.7 Å². The van der Waals surface area contributed by atoms with Crippen molar-refractivity contribution in [1.29, 1.82) is 0 Å². The van der Waals surface area contributed by atoms with Crippen LogP contribution in [0.2, 0.25) is 0 Å². The number of aromatic nitrogens is 2. The highest BCUT2D eigenvalue weighted by molar-refractivity contribution is 7.12. The molecule has 3 rings (SSSR count). The van der Waals surface area contributed by atoms with Crippen molar-refractivity contribution >= 4 is 17.2 Å². The summed E-state index contributed by atoms with van der Waals surface area (Å²) in [5.74, 6) is 0.877. The van der Waals surface area contributed by atoms with Crippen LogP contribution in [0.4, 0.5) is 0 Å². The van der Waals surface area contributed by atoms with Crippen LogP contribution in [0.1, 0.15) is 32.9 Å². The van der Waals surface area contributed by atoms with E-state index in [-0.39, 0.29) is 12.0 Å². The highest BCUT2D eigenvalue weighted by atomic mass is 32.1. The van der Waals surface area contributed by atoms with Gasteiger partial charge in [0.2, 0.25) is 0 Å². The normalized spacial score (nSPS) is 19.3. The Morgan fingerprint density at radius 1 is 1.55 bits per heavy atom. The van der Waals surface area contributed by atoms with Gasteiger partial charge in [0.1, 0.15) is 11.9 Å². The maximum absolute atomic E-state index is 12.4. The van der Waals surface area contributed by atoms with Crippen LogP contribution in [0.25, 0.3) is 0 Å². The van der Waals surface area contributed by atoms with E-state index in [1.165, 1.54) is 11.3 Å². The minimum Gasteiger partial charge on any atom is -0.367 e. The molecule has 1 atom stereocenters. The Labute approximate surface area is 121 Å². The average molecular weight is 291 g/mol. The average Bonchev–Trinajstić information content (AvgIpc) is 3.07. The van der Waals surface area contributed by atoms with E-state index < -0.39 is 0 Å². The number of nitrogens with zero attached hydrogens (tertiary/aromatic N) is 2. The van der Waals surface area contributed by atoms with Crippen LogP contribution in [0.3, 0.4) is 0 Å². The largest absolute Gasteiger partial charge is 0.367 e. The number of nitrogens with one attached hydrogen (secondary N) is 1. The molecule has 0 aromatic carbocycles. The Bertz CT molecular complexity index is 619. The second-order valence-electron chi connectivity index (χ2n) is 5.05. The second kappa shape index (κ2) is 5.38. The van der Waals surface area contributed by atoms with Crippen molar-refractivity contribution in [3.8, 4) is 0 Å². The molecule has 1 aliphatic rings. The fraction of sp³-hybridized carbons (Fsp3) is 0.429. The Kier molecular flexibility index (Phi) is 3.58. The highest BCUT2D eigenvalue weighted by Crippen LogP contribution is 2.23. The van der Waals surface area contributed by atoms with E-state index in [1.54, 1.807) is 6.20 Å². The number of carbonyl (C=O) groups is 1. The predicted octanol–water partition coefficient (Wildman–Crippen LogP) is 2.30. The molecular formula is C14H17N3O2S. The topological polar surface area (TPSA) is 58.2 Å². The van der Waals surface area contributed by atoms with E-state index in [1.807, 2.05) is 30.2 Å². The minimum absolute atomic E-state index is 0.0830. The van der Waals surface area contributed by atoms with Crippen LogP contribution in [0, 0.1) is 13.8 Å². The zero-order chi connectivity index (χ0) is 14.1. The van der Waals surface area contributed by atoms with Crippen LogP contribution >= 0.6 is 11.3 Å². The van der Waals surface area contributed by atoms with E-state index in [9.17, 15) is 4.79 Å². The summed E-state index contributed by atoms with van der Waals surface area (Å²) in [6.07, 6.45) is 1.62. The lowest BCUT2D eigenvalue weighted by molar-refractivity contribution is -0.0263. The number of imidazole rings is 1.